The fourth-order valence-corrected chi connectivity index (χ4v) is 4.04. The average molecular weight is 532 g/mol. The van der Waals surface area contributed by atoms with Crippen molar-refractivity contribution in [2.75, 3.05) is 14.1 Å². The Hall–Kier alpha value is -2.83. The summed E-state index contributed by atoms with van der Waals surface area (Å²) in [6, 6.07) is 17.4. The smallest absolute Gasteiger partial charge is 0.282 e. The second kappa shape index (κ2) is 17.6. The molecule has 2 aromatic rings. The van der Waals surface area contributed by atoms with Crippen molar-refractivity contribution in [2.45, 2.75) is 78.1 Å². The maximum absolute atomic E-state index is 14.0. The highest BCUT2D eigenvalue weighted by Crippen LogP contribution is 2.35. The van der Waals surface area contributed by atoms with E-state index in [1.54, 1.807) is 18.2 Å². The molecular formula is C32H48F3N3. The van der Waals surface area contributed by atoms with Crippen molar-refractivity contribution in [1.82, 2.24) is 10.6 Å². The molecule has 2 unspecified atom stereocenters. The highest BCUT2D eigenvalue weighted by Gasteiger charge is 2.38. The van der Waals surface area contributed by atoms with Crippen LogP contribution >= 0.6 is 0 Å². The Labute approximate surface area is 229 Å². The van der Waals surface area contributed by atoms with Gasteiger partial charge in [-0.2, -0.15) is 0 Å². The van der Waals surface area contributed by atoms with E-state index >= 15 is 0 Å². The molecule has 3 nitrogen and oxygen atoms in total. The van der Waals surface area contributed by atoms with Crippen LogP contribution in [-0.4, -0.2) is 32.2 Å². The largest absolute Gasteiger partial charge is 0.388 e. The maximum Gasteiger partial charge on any atom is 0.282 e. The third-order valence-corrected chi connectivity index (χ3v) is 6.01. The summed E-state index contributed by atoms with van der Waals surface area (Å²) in [5.41, 5.74) is 8.37. The number of benzene rings is 2. The molecule has 0 spiro atoms. The first-order valence-corrected chi connectivity index (χ1v) is 13.2. The molecule has 0 aliphatic rings. The summed E-state index contributed by atoms with van der Waals surface area (Å²) in [5.74, 6) is -3.40. The van der Waals surface area contributed by atoms with Crippen LogP contribution in [0.25, 0.3) is 0 Å². The van der Waals surface area contributed by atoms with Gasteiger partial charge < -0.3 is 16.4 Å². The molecule has 0 saturated carbocycles. The molecule has 0 bridgehead atoms. The third-order valence-electron chi connectivity index (χ3n) is 6.01. The minimum absolute atomic E-state index is 0.149. The summed E-state index contributed by atoms with van der Waals surface area (Å²) in [7, 11) is 3.34. The number of hydrogen-bond donors (Lipinski definition) is 3. The van der Waals surface area contributed by atoms with Gasteiger partial charge in [0.15, 0.2) is 6.17 Å². The van der Waals surface area contributed by atoms with Crippen molar-refractivity contribution in [3.63, 3.8) is 0 Å². The highest BCUT2D eigenvalue weighted by molar-refractivity contribution is 5.41. The normalized spacial score (nSPS) is 14.3. The highest BCUT2D eigenvalue weighted by atomic mass is 19.3. The number of halogens is 3. The molecule has 0 aliphatic heterocycles. The Balaban J connectivity index is 0.00000326. The molecule has 0 heterocycles. The lowest BCUT2D eigenvalue weighted by Crippen LogP contribution is -2.48. The van der Waals surface area contributed by atoms with E-state index < -0.39 is 24.1 Å². The van der Waals surface area contributed by atoms with Gasteiger partial charge in [0.1, 0.15) is 0 Å². The van der Waals surface area contributed by atoms with Gasteiger partial charge in [-0.05, 0) is 75.6 Å². The van der Waals surface area contributed by atoms with Crippen LogP contribution in [0.15, 0.2) is 90.7 Å². The summed E-state index contributed by atoms with van der Waals surface area (Å²) < 4.78 is 41.3. The third kappa shape index (κ3) is 10.5. The van der Waals surface area contributed by atoms with Crippen molar-refractivity contribution in [3.8, 4) is 0 Å². The van der Waals surface area contributed by atoms with Gasteiger partial charge in [-0.25, -0.2) is 13.2 Å². The predicted molar refractivity (Wildman–Crippen MR) is 158 cm³/mol. The minimum Gasteiger partial charge on any atom is -0.388 e. The van der Waals surface area contributed by atoms with Crippen LogP contribution in [0.1, 0.15) is 58.2 Å². The van der Waals surface area contributed by atoms with Gasteiger partial charge in [0.2, 0.25) is 0 Å². The zero-order valence-corrected chi connectivity index (χ0v) is 24.4. The summed E-state index contributed by atoms with van der Waals surface area (Å²) in [4.78, 5) is 0. The van der Waals surface area contributed by atoms with Gasteiger partial charge in [0.05, 0.1) is 5.54 Å². The molecule has 0 aromatic heterocycles. The van der Waals surface area contributed by atoms with E-state index in [1.807, 2.05) is 57.3 Å². The van der Waals surface area contributed by atoms with Crippen molar-refractivity contribution in [2.24, 2.45) is 5.73 Å². The number of alkyl halides is 3. The van der Waals surface area contributed by atoms with Crippen LogP contribution in [0.3, 0.4) is 0 Å². The average Bonchev–Trinajstić information content (AvgIpc) is 2.91. The lowest BCUT2D eigenvalue weighted by Gasteiger charge is -2.39. The van der Waals surface area contributed by atoms with Gasteiger partial charge in [-0.3, -0.25) is 0 Å². The van der Waals surface area contributed by atoms with Crippen molar-refractivity contribution in [1.29, 1.82) is 0 Å². The fourth-order valence-electron chi connectivity index (χ4n) is 4.04. The van der Waals surface area contributed by atoms with Crippen molar-refractivity contribution >= 4 is 0 Å². The van der Waals surface area contributed by atoms with Crippen LogP contribution < -0.4 is 16.4 Å². The minimum atomic E-state index is -3.40. The number of allylic oxidation sites excluding steroid dienone is 3. The molecule has 212 valence electrons. The van der Waals surface area contributed by atoms with Gasteiger partial charge in [0, 0.05) is 25.2 Å². The molecule has 6 heteroatoms. The van der Waals surface area contributed by atoms with E-state index in [2.05, 4.69) is 61.9 Å². The van der Waals surface area contributed by atoms with Gasteiger partial charge in [-0.1, -0.05) is 81.1 Å². The zero-order valence-electron chi connectivity index (χ0n) is 24.4. The fraction of sp³-hybridized carbons (Fsp3) is 0.438. The van der Waals surface area contributed by atoms with E-state index in [0.29, 0.717) is 12.0 Å². The van der Waals surface area contributed by atoms with Crippen LogP contribution in [0.4, 0.5) is 13.2 Å². The molecule has 0 fully saturated rings. The standard InChI is InChI=1S/C29H37F3N2.C2H6.CH5N/c1-7-27(33-6)18-13-22(4)28(34-21(2)3,19-24-11-9-8-10-12-24)26-16-14-25(15-17-26)20-29(31,32)23(5)30;2*1-2/h7-18,21,23,33-34H,1,19-20H2,2-6H3;1-2H3;2H2,1H3/b22-13+,27-18+;;. The summed E-state index contributed by atoms with van der Waals surface area (Å²) in [6.07, 6.45) is 3.62. The molecule has 0 radical (unpaired) electrons. The SMILES string of the molecule is C=C/C(=C\C=C(/C)C(Cc1ccccc1)(NC(C)C)c1ccc(CC(F)(F)C(C)F)cc1)NC.CC.CN. The predicted octanol–water partition coefficient (Wildman–Crippen LogP) is 7.50. The Morgan fingerprint density at radius 3 is 1.89 bits per heavy atom. The first-order valence-electron chi connectivity index (χ1n) is 13.2. The summed E-state index contributed by atoms with van der Waals surface area (Å²) >= 11 is 0. The molecule has 38 heavy (non-hydrogen) atoms. The van der Waals surface area contributed by atoms with E-state index in [1.165, 1.54) is 7.05 Å². The molecule has 2 atom stereocenters. The number of likely N-dealkylation sites (N-methyl/N-ethyl adjacent to an activating group) is 1. The first-order chi connectivity index (χ1) is 18.0. The van der Waals surface area contributed by atoms with E-state index in [0.717, 1.165) is 29.3 Å². The topological polar surface area (TPSA) is 50.1 Å². The molecule has 0 aliphatic carbocycles. The maximum atomic E-state index is 14.0. The number of hydrogen-bond acceptors (Lipinski definition) is 3. The molecule has 0 saturated heterocycles. The van der Waals surface area contributed by atoms with Crippen molar-refractivity contribution in [3.05, 3.63) is 107 Å². The van der Waals surface area contributed by atoms with E-state index in [-0.39, 0.29) is 6.04 Å². The molecule has 2 rings (SSSR count). The lowest BCUT2D eigenvalue weighted by molar-refractivity contribution is -0.0637. The summed E-state index contributed by atoms with van der Waals surface area (Å²) in [5, 5.41) is 6.86. The van der Waals surface area contributed by atoms with Crippen LogP contribution in [0.5, 0.6) is 0 Å². The van der Waals surface area contributed by atoms with Gasteiger partial charge >= 0.3 is 0 Å². The zero-order chi connectivity index (χ0) is 29.4. The summed E-state index contributed by atoms with van der Waals surface area (Å²) in [6.45, 7) is 15.0. The Bertz CT molecular complexity index is 981. The monoisotopic (exact) mass is 531 g/mol. The Kier molecular flexibility index (Phi) is 16.3. The molecule has 2 aromatic carbocycles. The lowest BCUT2D eigenvalue weighted by atomic mass is 9.77. The van der Waals surface area contributed by atoms with Gasteiger partial charge in [-0.15, -0.1) is 0 Å². The van der Waals surface area contributed by atoms with E-state index in [9.17, 15) is 13.2 Å². The molecular weight excluding hydrogens is 483 g/mol. The Morgan fingerprint density at radius 2 is 1.45 bits per heavy atom. The van der Waals surface area contributed by atoms with E-state index in [4.69, 9.17) is 0 Å². The molecule has 0 amide bonds. The van der Waals surface area contributed by atoms with Crippen LogP contribution in [0, 0.1) is 0 Å². The Morgan fingerprint density at radius 1 is 0.921 bits per heavy atom. The van der Waals surface area contributed by atoms with Crippen LogP contribution in [-0.2, 0) is 18.4 Å². The van der Waals surface area contributed by atoms with Crippen LogP contribution in [0.2, 0.25) is 0 Å². The second-order valence-electron chi connectivity index (χ2n) is 9.04. The van der Waals surface area contributed by atoms with Gasteiger partial charge in [0.25, 0.3) is 5.92 Å². The molecule has 4 N–H and O–H groups in total. The first kappa shape index (κ1) is 35.2. The quantitative estimate of drug-likeness (QED) is 0.249. The van der Waals surface area contributed by atoms with Crippen molar-refractivity contribution < 1.29 is 13.2 Å². The number of nitrogens with one attached hydrogen (secondary N) is 2. The second-order valence-corrected chi connectivity index (χ2v) is 9.04. The number of nitrogens with two attached hydrogens (primary N) is 1. The number of rotatable bonds is 12.